The fourth-order valence-corrected chi connectivity index (χ4v) is 2.01. The van der Waals surface area contributed by atoms with Crippen molar-refractivity contribution in [3.05, 3.63) is 59.7 Å². The number of para-hydroxylation sites is 2. The van der Waals surface area contributed by atoms with Crippen molar-refractivity contribution in [2.45, 2.75) is 19.8 Å². The molecule has 0 aliphatic carbocycles. The number of guanidine groups is 1. The Labute approximate surface area is 130 Å². The van der Waals surface area contributed by atoms with Crippen LogP contribution in [0.3, 0.4) is 0 Å². The van der Waals surface area contributed by atoms with Crippen LogP contribution in [0.25, 0.3) is 0 Å². The molecule has 0 saturated heterocycles. The first-order chi connectivity index (χ1) is 10.6. The summed E-state index contributed by atoms with van der Waals surface area (Å²) in [6, 6.07) is 15.6. The second kappa shape index (κ2) is 7.26. The molecule has 2 rings (SSSR count). The summed E-state index contributed by atoms with van der Waals surface area (Å²) >= 11 is 0. The molecule has 0 unspecified atom stereocenters. The first-order valence-electron chi connectivity index (χ1n) is 7.05. The van der Waals surface area contributed by atoms with Crippen LogP contribution in [-0.4, -0.2) is 12.2 Å². The standard InChI is InChI=1S/C17H20N4O/c1-12(2)14-8-4-6-10-16(14)22-15-9-5-3-7-13(15)11-20-21-17(18)19/h3-12H,1-2H3,(H4,18,19,21). The summed E-state index contributed by atoms with van der Waals surface area (Å²) in [5.74, 6) is 1.82. The lowest BCUT2D eigenvalue weighted by Crippen LogP contribution is -2.21. The van der Waals surface area contributed by atoms with Crippen LogP contribution in [-0.2, 0) is 0 Å². The van der Waals surface area contributed by atoms with Gasteiger partial charge in [0.05, 0.1) is 6.21 Å². The Morgan fingerprint density at radius 3 is 2.32 bits per heavy atom. The number of benzene rings is 2. The van der Waals surface area contributed by atoms with E-state index in [4.69, 9.17) is 16.2 Å². The number of nitrogens with two attached hydrogens (primary N) is 2. The lowest BCUT2D eigenvalue weighted by atomic mass is 10.0. The van der Waals surface area contributed by atoms with Gasteiger partial charge in [0.15, 0.2) is 0 Å². The Morgan fingerprint density at radius 1 is 1.00 bits per heavy atom. The maximum absolute atomic E-state index is 6.06. The van der Waals surface area contributed by atoms with Crippen molar-refractivity contribution >= 4 is 12.2 Å². The summed E-state index contributed by atoms with van der Waals surface area (Å²) in [6.07, 6.45) is 1.56. The first kappa shape index (κ1) is 15.6. The third kappa shape index (κ3) is 4.09. The van der Waals surface area contributed by atoms with Crippen molar-refractivity contribution in [2.24, 2.45) is 21.7 Å². The zero-order valence-corrected chi connectivity index (χ0v) is 12.7. The second-order valence-electron chi connectivity index (χ2n) is 5.10. The molecule has 0 aliphatic heterocycles. The van der Waals surface area contributed by atoms with Crippen LogP contribution < -0.4 is 16.2 Å². The summed E-state index contributed by atoms with van der Waals surface area (Å²) in [6.45, 7) is 4.27. The molecule has 0 aromatic heterocycles. The van der Waals surface area contributed by atoms with Gasteiger partial charge in [-0.1, -0.05) is 44.2 Å². The molecule has 2 aromatic rings. The van der Waals surface area contributed by atoms with Gasteiger partial charge in [0, 0.05) is 5.56 Å². The van der Waals surface area contributed by atoms with E-state index in [1.165, 1.54) is 0 Å². The van der Waals surface area contributed by atoms with E-state index in [2.05, 4.69) is 30.1 Å². The van der Waals surface area contributed by atoms with Gasteiger partial charge in [-0.2, -0.15) is 5.10 Å². The highest BCUT2D eigenvalue weighted by molar-refractivity contribution is 5.84. The fraction of sp³-hybridized carbons (Fsp3) is 0.176. The highest BCUT2D eigenvalue weighted by Gasteiger charge is 2.09. The predicted molar refractivity (Wildman–Crippen MR) is 90.5 cm³/mol. The molecule has 0 heterocycles. The molecule has 0 atom stereocenters. The lowest BCUT2D eigenvalue weighted by Gasteiger charge is -2.14. The highest BCUT2D eigenvalue weighted by Crippen LogP contribution is 2.31. The van der Waals surface area contributed by atoms with E-state index < -0.39 is 0 Å². The molecule has 0 bridgehead atoms. The zero-order chi connectivity index (χ0) is 15.9. The van der Waals surface area contributed by atoms with Gasteiger partial charge in [0.1, 0.15) is 11.5 Å². The van der Waals surface area contributed by atoms with E-state index in [1.807, 2.05) is 42.5 Å². The molecular formula is C17H20N4O. The monoisotopic (exact) mass is 296 g/mol. The normalized spacial score (nSPS) is 10.9. The van der Waals surface area contributed by atoms with Crippen LogP contribution in [0.2, 0.25) is 0 Å². The molecule has 0 spiro atoms. The van der Waals surface area contributed by atoms with E-state index in [9.17, 15) is 0 Å². The summed E-state index contributed by atoms with van der Waals surface area (Å²) in [5.41, 5.74) is 12.5. The number of ether oxygens (including phenoxy) is 1. The summed E-state index contributed by atoms with van der Waals surface area (Å²) in [7, 11) is 0. The Bertz CT molecular complexity index is 689. The number of rotatable bonds is 5. The molecule has 5 heteroatoms. The number of hydrogen-bond acceptors (Lipinski definition) is 3. The molecule has 0 amide bonds. The van der Waals surface area contributed by atoms with Crippen LogP contribution in [0, 0.1) is 0 Å². The average molecular weight is 296 g/mol. The Kier molecular flexibility index (Phi) is 5.14. The number of nitrogens with zero attached hydrogens (tertiary/aromatic N) is 2. The quantitative estimate of drug-likeness (QED) is 0.504. The lowest BCUT2D eigenvalue weighted by molar-refractivity contribution is 0.472. The van der Waals surface area contributed by atoms with Gasteiger partial charge >= 0.3 is 0 Å². The third-order valence-electron chi connectivity index (χ3n) is 3.05. The summed E-state index contributed by atoms with van der Waals surface area (Å²) < 4.78 is 6.06. The molecule has 0 aliphatic rings. The third-order valence-corrected chi connectivity index (χ3v) is 3.05. The van der Waals surface area contributed by atoms with Crippen LogP contribution in [0.4, 0.5) is 0 Å². The fourth-order valence-electron chi connectivity index (χ4n) is 2.01. The van der Waals surface area contributed by atoms with E-state index in [0.29, 0.717) is 11.7 Å². The van der Waals surface area contributed by atoms with Crippen molar-refractivity contribution < 1.29 is 4.74 Å². The van der Waals surface area contributed by atoms with E-state index in [-0.39, 0.29) is 5.96 Å². The first-order valence-corrected chi connectivity index (χ1v) is 7.05. The minimum atomic E-state index is -0.0835. The molecule has 2 aromatic carbocycles. The minimum absolute atomic E-state index is 0.0835. The van der Waals surface area contributed by atoms with Crippen LogP contribution in [0.5, 0.6) is 11.5 Å². The van der Waals surface area contributed by atoms with Gasteiger partial charge in [0.2, 0.25) is 5.96 Å². The maximum atomic E-state index is 6.06. The Hall–Kier alpha value is -2.82. The van der Waals surface area contributed by atoms with Gasteiger partial charge in [-0.25, -0.2) is 0 Å². The Balaban J connectivity index is 2.31. The zero-order valence-electron chi connectivity index (χ0n) is 12.7. The smallest absolute Gasteiger partial charge is 0.211 e. The van der Waals surface area contributed by atoms with Crippen LogP contribution >= 0.6 is 0 Å². The minimum Gasteiger partial charge on any atom is -0.456 e. The second-order valence-corrected chi connectivity index (χ2v) is 5.10. The van der Waals surface area contributed by atoms with Crippen molar-refractivity contribution in [3.63, 3.8) is 0 Å². The summed E-state index contributed by atoms with van der Waals surface area (Å²) in [4.78, 5) is 0. The summed E-state index contributed by atoms with van der Waals surface area (Å²) in [5, 5.41) is 7.43. The largest absolute Gasteiger partial charge is 0.456 e. The molecular weight excluding hydrogens is 276 g/mol. The van der Waals surface area contributed by atoms with Gasteiger partial charge in [-0.3, -0.25) is 0 Å². The molecule has 114 valence electrons. The molecule has 0 fully saturated rings. The SMILES string of the molecule is CC(C)c1ccccc1Oc1ccccc1C=NN=C(N)N. The van der Waals surface area contributed by atoms with Gasteiger partial charge in [-0.15, -0.1) is 5.10 Å². The molecule has 0 saturated carbocycles. The highest BCUT2D eigenvalue weighted by atomic mass is 16.5. The van der Waals surface area contributed by atoms with Crippen LogP contribution in [0.1, 0.15) is 30.9 Å². The topological polar surface area (TPSA) is 86.0 Å². The van der Waals surface area contributed by atoms with Crippen molar-refractivity contribution in [1.82, 2.24) is 0 Å². The van der Waals surface area contributed by atoms with Gasteiger partial charge in [0.25, 0.3) is 0 Å². The van der Waals surface area contributed by atoms with E-state index in [1.54, 1.807) is 6.21 Å². The molecule has 5 nitrogen and oxygen atoms in total. The molecule has 0 radical (unpaired) electrons. The number of hydrogen-bond donors (Lipinski definition) is 2. The van der Waals surface area contributed by atoms with Gasteiger partial charge < -0.3 is 16.2 Å². The van der Waals surface area contributed by atoms with Gasteiger partial charge in [-0.05, 0) is 29.7 Å². The molecule has 22 heavy (non-hydrogen) atoms. The maximum Gasteiger partial charge on any atom is 0.211 e. The van der Waals surface area contributed by atoms with Crippen molar-refractivity contribution in [1.29, 1.82) is 0 Å². The van der Waals surface area contributed by atoms with Crippen molar-refractivity contribution in [3.8, 4) is 11.5 Å². The van der Waals surface area contributed by atoms with E-state index >= 15 is 0 Å². The van der Waals surface area contributed by atoms with Crippen molar-refractivity contribution in [2.75, 3.05) is 0 Å². The van der Waals surface area contributed by atoms with Crippen LogP contribution in [0.15, 0.2) is 58.7 Å². The Morgan fingerprint density at radius 2 is 1.64 bits per heavy atom. The molecule has 4 N–H and O–H groups in total. The average Bonchev–Trinajstić information content (AvgIpc) is 2.49. The van der Waals surface area contributed by atoms with E-state index in [0.717, 1.165) is 16.9 Å². The predicted octanol–water partition coefficient (Wildman–Crippen LogP) is 3.21.